The second-order valence-electron chi connectivity index (χ2n) is 6.00. The average Bonchev–Trinajstić information content (AvgIpc) is 2.79. The summed E-state index contributed by atoms with van der Waals surface area (Å²) in [4.78, 5) is 4.42. The molecule has 0 radical (unpaired) electrons. The van der Waals surface area contributed by atoms with Crippen LogP contribution in [-0.2, 0) is 6.42 Å². The highest BCUT2D eigenvalue weighted by Gasteiger charge is 2.23. The van der Waals surface area contributed by atoms with Crippen LogP contribution in [0.3, 0.4) is 0 Å². The minimum absolute atomic E-state index is 0.306. The van der Waals surface area contributed by atoms with Crippen molar-refractivity contribution in [2.24, 2.45) is 5.92 Å². The molecule has 1 atom stereocenters. The Morgan fingerprint density at radius 3 is 2.75 bits per heavy atom. The molecule has 2 heterocycles. The van der Waals surface area contributed by atoms with Crippen molar-refractivity contribution in [3.63, 3.8) is 0 Å². The molecule has 0 amide bonds. The Kier molecular flexibility index (Phi) is 3.47. The number of benzene rings is 1. The minimum atomic E-state index is 0.306. The number of anilines is 1. The van der Waals surface area contributed by atoms with Crippen LogP contribution in [0.1, 0.15) is 43.3 Å². The van der Waals surface area contributed by atoms with Crippen molar-refractivity contribution in [2.75, 3.05) is 11.9 Å². The van der Waals surface area contributed by atoms with Gasteiger partial charge in [-0.1, -0.05) is 38.1 Å². The predicted molar refractivity (Wildman–Crippen MR) is 81.0 cm³/mol. The fraction of sp³-hybridized carbons (Fsp3) is 0.500. The highest BCUT2D eigenvalue weighted by Crippen LogP contribution is 2.28. The fourth-order valence-electron chi connectivity index (χ4n) is 2.87. The Hall–Kier alpha value is -1.84. The number of fused-ring (bicyclic) bond motifs is 1. The van der Waals surface area contributed by atoms with Gasteiger partial charge >= 0.3 is 0 Å². The van der Waals surface area contributed by atoms with Crippen LogP contribution in [-0.4, -0.2) is 21.3 Å². The number of rotatable bonds is 3. The fourth-order valence-corrected chi connectivity index (χ4v) is 2.87. The molecule has 0 saturated carbocycles. The molecule has 1 aliphatic heterocycles. The molecule has 1 unspecified atom stereocenters. The molecule has 1 N–H and O–H groups in total. The number of aromatic nitrogens is 3. The zero-order valence-electron chi connectivity index (χ0n) is 12.4. The van der Waals surface area contributed by atoms with Gasteiger partial charge < -0.3 is 5.32 Å². The lowest BCUT2D eigenvalue weighted by atomic mass is 9.98. The molecule has 3 rings (SSSR count). The molecule has 0 saturated heterocycles. The van der Waals surface area contributed by atoms with E-state index in [1.54, 1.807) is 0 Å². The van der Waals surface area contributed by atoms with Crippen LogP contribution in [0.25, 0.3) is 0 Å². The number of hydrogen-bond donors (Lipinski definition) is 1. The van der Waals surface area contributed by atoms with Crippen LogP contribution in [0.15, 0.2) is 24.3 Å². The second-order valence-corrected chi connectivity index (χ2v) is 6.00. The van der Waals surface area contributed by atoms with Gasteiger partial charge in [-0.2, -0.15) is 10.1 Å². The van der Waals surface area contributed by atoms with Crippen LogP contribution < -0.4 is 5.32 Å². The summed E-state index contributed by atoms with van der Waals surface area (Å²) in [7, 11) is 0. The largest absolute Gasteiger partial charge is 0.354 e. The molecule has 2 aromatic rings. The average molecular weight is 270 g/mol. The molecule has 106 valence electrons. The van der Waals surface area contributed by atoms with E-state index in [1.807, 2.05) is 11.6 Å². The summed E-state index contributed by atoms with van der Waals surface area (Å²) >= 11 is 0. The van der Waals surface area contributed by atoms with Crippen LogP contribution in [0.2, 0.25) is 0 Å². The van der Waals surface area contributed by atoms with Crippen molar-refractivity contribution < 1.29 is 0 Å². The lowest BCUT2D eigenvalue weighted by Gasteiger charge is -2.25. The van der Waals surface area contributed by atoms with Gasteiger partial charge in [0.2, 0.25) is 5.95 Å². The van der Waals surface area contributed by atoms with Gasteiger partial charge in [-0.15, -0.1) is 0 Å². The first kappa shape index (κ1) is 13.2. The van der Waals surface area contributed by atoms with Gasteiger partial charge in [0, 0.05) is 6.54 Å². The summed E-state index contributed by atoms with van der Waals surface area (Å²) in [6, 6.07) is 9.30. The van der Waals surface area contributed by atoms with Gasteiger partial charge in [0.25, 0.3) is 0 Å². The molecule has 20 heavy (non-hydrogen) atoms. The van der Waals surface area contributed by atoms with E-state index in [0.29, 0.717) is 12.0 Å². The highest BCUT2D eigenvalue weighted by molar-refractivity contribution is 5.33. The van der Waals surface area contributed by atoms with E-state index in [1.165, 1.54) is 11.1 Å². The lowest BCUT2D eigenvalue weighted by Crippen LogP contribution is -2.24. The SMILES string of the molecule is Cc1nc2n(n1)C(c1ccc(CC(C)C)cc1)CCN2. The summed E-state index contributed by atoms with van der Waals surface area (Å²) in [5, 5.41) is 7.83. The van der Waals surface area contributed by atoms with Gasteiger partial charge in [0.1, 0.15) is 5.82 Å². The van der Waals surface area contributed by atoms with Crippen LogP contribution >= 0.6 is 0 Å². The van der Waals surface area contributed by atoms with Crippen molar-refractivity contribution >= 4 is 5.95 Å². The van der Waals surface area contributed by atoms with Gasteiger partial charge in [0.05, 0.1) is 6.04 Å². The maximum absolute atomic E-state index is 4.52. The molecule has 4 nitrogen and oxygen atoms in total. The monoisotopic (exact) mass is 270 g/mol. The third-order valence-corrected chi connectivity index (χ3v) is 3.74. The Labute approximate surface area is 120 Å². The van der Waals surface area contributed by atoms with E-state index >= 15 is 0 Å². The summed E-state index contributed by atoms with van der Waals surface area (Å²) in [5.74, 6) is 2.42. The maximum atomic E-state index is 4.52. The van der Waals surface area contributed by atoms with Crippen molar-refractivity contribution in [1.29, 1.82) is 0 Å². The molecule has 1 aromatic heterocycles. The number of nitrogens with one attached hydrogen (secondary N) is 1. The third-order valence-electron chi connectivity index (χ3n) is 3.74. The molecular formula is C16H22N4. The third kappa shape index (κ3) is 2.55. The van der Waals surface area contributed by atoms with E-state index in [-0.39, 0.29) is 0 Å². The van der Waals surface area contributed by atoms with Crippen molar-refractivity contribution in [3.8, 4) is 0 Å². The maximum Gasteiger partial charge on any atom is 0.221 e. The first-order valence-electron chi connectivity index (χ1n) is 7.39. The van der Waals surface area contributed by atoms with Crippen LogP contribution in [0, 0.1) is 12.8 Å². The zero-order valence-corrected chi connectivity index (χ0v) is 12.4. The lowest BCUT2D eigenvalue weighted by molar-refractivity contribution is 0.478. The summed E-state index contributed by atoms with van der Waals surface area (Å²) in [5.41, 5.74) is 2.73. The Bertz CT molecular complexity index is 583. The number of aryl methyl sites for hydroxylation is 1. The topological polar surface area (TPSA) is 42.7 Å². The van der Waals surface area contributed by atoms with Gasteiger partial charge in [0.15, 0.2) is 0 Å². The van der Waals surface area contributed by atoms with Gasteiger partial charge in [-0.3, -0.25) is 0 Å². The van der Waals surface area contributed by atoms with Crippen molar-refractivity contribution in [3.05, 3.63) is 41.2 Å². The van der Waals surface area contributed by atoms with Crippen molar-refractivity contribution in [1.82, 2.24) is 14.8 Å². The quantitative estimate of drug-likeness (QED) is 0.931. The minimum Gasteiger partial charge on any atom is -0.354 e. The van der Waals surface area contributed by atoms with Gasteiger partial charge in [-0.25, -0.2) is 4.68 Å². The van der Waals surface area contributed by atoms with Crippen molar-refractivity contribution in [2.45, 2.75) is 39.7 Å². The molecule has 0 bridgehead atoms. The molecular weight excluding hydrogens is 248 g/mol. The van der Waals surface area contributed by atoms with E-state index in [0.717, 1.165) is 31.2 Å². The molecule has 0 spiro atoms. The zero-order chi connectivity index (χ0) is 14.1. The first-order valence-corrected chi connectivity index (χ1v) is 7.39. The smallest absolute Gasteiger partial charge is 0.221 e. The Morgan fingerprint density at radius 2 is 2.05 bits per heavy atom. The van der Waals surface area contributed by atoms with E-state index in [2.05, 4.69) is 53.5 Å². The summed E-state index contributed by atoms with van der Waals surface area (Å²) in [6.45, 7) is 7.41. The summed E-state index contributed by atoms with van der Waals surface area (Å²) in [6.07, 6.45) is 2.19. The molecule has 1 aliphatic rings. The Morgan fingerprint density at radius 1 is 1.30 bits per heavy atom. The van der Waals surface area contributed by atoms with Gasteiger partial charge in [-0.05, 0) is 36.8 Å². The standard InChI is InChI=1S/C16H22N4/c1-11(2)10-13-4-6-14(7-5-13)15-8-9-17-16-18-12(3)19-20(15)16/h4-7,11,15H,8-10H2,1-3H3,(H,17,18,19). The highest BCUT2D eigenvalue weighted by atomic mass is 15.4. The molecule has 4 heteroatoms. The van der Waals surface area contributed by atoms with Crippen LogP contribution in [0.5, 0.6) is 0 Å². The Balaban J connectivity index is 1.86. The van der Waals surface area contributed by atoms with Crippen LogP contribution in [0.4, 0.5) is 5.95 Å². The molecule has 0 aliphatic carbocycles. The van der Waals surface area contributed by atoms with E-state index in [4.69, 9.17) is 0 Å². The van der Waals surface area contributed by atoms with E-state index < -0.39 is 0 Å². The number of hydrogen-bond acceptors (Lipinski definition) is 3. The predicted octanol–water partition coefficient (Wildman–Crippen LogP) is 3.19. The second kappa shape index (κ2) is 5.27. The molecule has 1 aromatic carbocycles. The number of nitrogens with zero attached hydrogens (tertiary/aromatic N) is 3. The van der Waals surface area contributed by atoms with E-state index in [9.17, 15) is 0 Å². The normalized spacial score (nSPS) is 17.9. The molecule has 0 fully saturated rings. The summed E-state index contributed by atoms with van der Waals surface area (Å²) < 4.78 is 2.02. The first-order chi connectivity index (χ1) is 9.63.